The fraction of sp³-hybridized carbons (Fsp3) is 0.350. The Kier molecular flexibility index (Phi) is 5.99. The summed E-state index contributed by atoms with van der Waals surface area (Å²) in [5.41, 5.74) is 1.64. The Morgan fingerprint density at radius 2 is 2.07 bits per heavy atom. The lowest BCUT2D eigenvalue weighted by Crippen LogP contribution is -2.51. The summed E-state index contributed by atoms with van der Waals surface area (Å²) in [6.07, 6.45) is 0.00611. The van der Waals surface area contributed by atoms with Gasteiger partial charge in [-0.25, -0.2) is 4.79 Å². The highest BCUT2D eigenvalue weighted by Crippen LogP contribution is 2.33. The Hall–Kier alpha value is -2.87. The van der Waals surface area contributed by atoms with Crippen molar-refractivity contribution >= 4 is 34.8 Å². The minimum atomic E-state index is -0.827. The first-order valence-corrected chi connectivity index (χ1v) is 9.80. The number of para-hydroxylation sites is 2. The maximum atomic E-state index is 12.7. The molecule has 1 unspecified atom stereocenters. The van der Waals surface area contributed by atoms with Crippen molar-refractivity contribution in [1.29, 1.82) is 0 Å². The summed E-state index contributed by atoms with van der Waals surface area (Å²) >= 11 is 1.36. The zero-order chi connectivity index (χ0) is 20.3. The van der Waals surface area contributed by atoms with Crippen molar-refractivity contribution in [3.63, 3.8) is 0 Å². The molecule has 7 nitrogen and oxygen atoms in total. The van der Waals surface area contributed by atoms with Crippen molar-refractivity contribution in [2.75, 3.05) is 25.1 Å². The number of rotatable bonds is 5. The van der Waals surface area contributed by atoms with E-state index in [4.69, 9.17) is 9.47 Å². The van der Waals surface area contributed by atoms with Gasteiger partial charge < -0.3 is 19.7 Å². The van der Waals surface area contributed by atoms with Gasteiger partial charge in [-0.05, 0) is 37.1 Å². The van der Waals surface area contributed by atoms with E-state index in [-0.39, 0.29) is 12.5 Å². The van der Waals surface area contributed by atoms with Crippen molar-refractivity contribution in [2.45, 2.75) is 26.4 Å². The molecule has 0 spiro atoms. The van der Waals surface area contributed by atoms with Gasteiger partial charge in [0.1, 0.15) is 10.6 Å². The lowest BCUT2D eigenvalue weighted by Gasteiger charge is -2.33. The van der Waals surface area contributed by atoms with Crippen LogP contribution in [0, 0.1) is 6.92 Å². The van der Waals surface area contributed by atoms with E-state index < -0.39 is 24.6 Å². The number of nitrogens with one attached hydrogen (secondary N) is 1. The maximum absolute atomic E-state index is 12.7. The molecule has 0 radical (unpaired) electrons. The molecule has 2 heterocycles. The van der Waals surface area contributed by atoms with Crippen LogP contribution in [-0.4, -0.2) is 44.1 Å². The van der Waals surface area contributed by atoms with Gasteiger partial charge in [-0.15, -0.1) is 11.3 Å². The van der Waals surface area contributed by atoms with Crippen LogP contribution in [0.3, 0.4) is 0 Å². The van der Waals surface area contributed by atoms with Crippen molar-refractivity contribution in [3.8, 4) is 5.75 Å². The van der Waals surface area contributed by atoms with Gasteiger partial charge in [-0.2, -0.15) is 0 Å². The molecule has 2 amide bonds. The highest BCUT2D eigenvalue weighted by Gasteiger charge is 2.33. The van der Waals surface area contributed by atoms with E-state index in [0.29, 0.717) is 16.3 Å². The van der Waals surface area contributed by atoms with Crippen LogP contribution < -0.4 is 15.0 Å². The summed E-state index contributed by atoms with van der Waals surface area (Å²) in [7, 11) is 1.51. The van der Waals surface area contributed by atoms with E-state index in [9.17, 15) is 14.4 Å². The molecule has 0 bridgehead atoms. The minimum absolute atomic E-state index is 0.0468. The van der Waals surface area contributed by atoms with Crippen LogP contribution in [0.15, 0.2) is 30.3 Å². The molecule has 0 saturated carbocycles. The van der Waals surface area contributed by atoms with Crippen LogP contribution in [0.4, 0.5) is 5.69 Å². The standard InChI is InChI=1S/C20H22N2O5S/c1-4-13-9-17(28-12(13)2)20(25)26-11-18(23)22-10-16(19(24)21-3)27-15-8-6-5-7-14(15)22/h5-9,16H,4,10-11H2,1-3H3,(H,21,24). The third-order valence-electron chi connectivity index (χ3n) is 4.54. The summed E-state index contributed by atoms with van der Waals surface area (Å²) < 4.78 is 10.9. The van der Waals surface area contributed by atoms with Crippen LogP contribution in [0.1, 0.15) is 27.0 Å². The number of amides is 2. The van der Waals surface area contributed by atoms with Gasteiger partial charge in [-0.1, -0.05) is 19.1 Å². The van der Waals surface area contributed by atoms with Crippen LogP contribution in [0.25, 0.3) is 0 Å². The van der Waals surface area contributed by atoms with E-state index in [2.05, 4.69) is 5.32 Å². The Balaban J connectivity index is 1.72. The number of aryl methyl sites for hydroxylation is 2. The number of benzene rings is 1. The SMILES string of the molecule is CCc1cc(C(=O)OCC(=O)N2CC(C(=O)NC)Oc3ccccc32)sc1C. The monoisotopic (exact) mass is 402 g/mol. The molecule has 148 valence electrons. The summed E-state index contributed by atoms with van der Waals surface area (Å²) in [4.78, 5) is 40.0. The zero-order valence-electron chi connectivity index (χ0n) is 16.0. The minimum Gasteiger partial charge on any atom is -0.477 e. The molecule has 1 aliphatic heterocycles. The molecule has 0 aliphatic carbocycles. The first-order valence-electron chi connectivity index (χ1n) is 8.98. The number of ether oxygens (including phenoxy) is 2. The van der Waals surface area contributed by atoms with E-state index in [1.807, 2.05) is 13.8 Å². The average Bonchev–Trinajstić information content (AvgIpc) is 3.11. The molecular formula is C20H22N2O5S. The molecule has 2 aromatic rings. The van der Waals surface area contributed by atoms with Crippen LogP contribution in [-0.2, 0) is 20.7 Å². The third kappa shape index (κ3) is 4.01. The number of nitrogens with zero attached hydrogens (tertiary/aromatic N) is 1. The molecular weight excluding hydrogens is 380 g/mol. The summed E-state index contributed by atoms with van der Waals surface area (Å²) in [6.45, 7) is 3.61. The average molecular weight is 402 g/mol. The van der Waals surface area contributed by atoms with E-state index in [1.54, 1.807) is 30.3 Å². The summed E-state index contributed by atoms with van der Waals surface area (Å²) in [5.74, 6) is -0.832. The van der Waals surface area contributed by atoms with Crippen molar-refractivity contribution in [3.05, 3.63) is 45.6 Å². The van der Waals surface area contributed by atoms with Gasteiger partial charge in [-0.3, -0.25) is 9.59 Å². The molecule has 1 atom stereocenters. The number of fused-ring (bicyclic) bond motifs is 1. The number of anilines is 1. The number of hydrogen-bond acceptors (Lipinski definition) is 6. The predicted octanol–water partition coefficient (Wildman–Crippen LogP) is 2.32. The van der Waals surface area contributed by atoms with Gasteiger partial charge in [0.15, 0.2) is 12.7 Å². The fourth-order valence-corrected chi connectivity index (χ4v) is 4.02. The Morgan fingerprint density at radius 3 is 2.75 bits per heavy atom. The van der Waals surface area contributed by atoms with Gasteiger partial charge >= 0.3 is 5.97 Å². The number of likely N-dealkylation sites (N-methyl/N-ethyl adjacent to an activating group) is 1. The van der Waals surface area contributed by atoms with Crippen LogP contribution in [0.5, 0.6) is 5.75 Å². The summed E-state index contributed by atoms with van der Waals surface area (Å²) in [5, 5.41) is 2.52. The highest BCUT2D eigenvalue weighted by molar-refractivity contribution is 7.14. The first-order chi connectivity index (χ1) is 13.4. The lowest BCUT2D eigenvalue weighted by atomic mass is 10.1. The van der Waals surface area contributed by atoms with Gasteiger partial charge in [0, 0.05) is 11.9 Å². The normalized spacial score (nSPS) is 15.4. The zero-order valence-corrected chi connectivity index (χ0v) is 16.8. The Bertz CT molecular complexity index is 908. The molecule has 8 heteroatoms. The first kappa shape index (κ1) is 19.9. The van der Waals surface area contributed by atoms with E-state index in [1.165, 1.54) is 23.3 Å². The van der Waals surface area contributed by atoms with Crippen LogP contribution >= 0.6 is 11.3 Å². The molecule has 1 aromatic carbocycles. The molecule has 0 fully saturated rings. The van der Waals surface area contributed by atoms with E-state index in [0.717, 1.165) is 16.9 Å². The number of carbonyl (C=O) groups is 3. The largest absolute Gasteiger partial charge is 0.477 e. The van der Waals surface area contributed by atoms with Crippen molar-refractivity contribution in [1.82, 2.24) is 5.32 Å². The van der Waals surface area contributed by atoms with Crippen molar-refractivity contribution < 1.29 is 23.9 Å². The molecule has 0 saturated heterocycles. The number of hydrogen-bond donors (Lipinski definition) is 1. The lowest BCUT2D eigenvalue weighted by molar-refractivity contribution is -0.128. The smallest absolute Gasteiger partial charge is 0.348 e. The second-order valence-electron chi connectivity index (χ2n) is 6.31. The van der Waals surface area contributed by atoms with E-state index >= 15 is 0 Å². The summed E-state index contributed by atoms with van der Waals surface area (Å²) in [6, 6.07) is 8.76. The highest BCUT2D eigenvalue weighted by atomic mass is 32.1. The number of esters is 1. The molecule has 28 heavy (non-hydrogen) atoms. The van der Waals surface area contributed by atoms with Gasteiger partial charge in [0.05, 0.1) is 12.2 Å². The van der Waals surface area contributed by atoms with Gasteiger partial charge in [0.2, 0.25) is 0 Å². The number of carbonyl (C=O) groups excluding carboxylic acids is 3. The maximum Gasteiger partial charge on any atom is 0.348 e. The Labute approximate surface area is 167 Å². The molecule has 1 aliphatic rings. The fourth-order valence-electron chi connectivity index (χ4n) is 3.02. The quantitative estimate of drug-likeness (QED) is 0.776. The second-order valence-corrected chi connectivity index (χ2v) is 7.57. The van der Waals surface area contributed by atoms with Crippen molar-refractivity contribution in [2.24, 2.45) is 0 Å². The molecule has 1 N–H and O–H groups in total. The Morgan fingerprint density at radius 1 is 1.32 bits per heavy atom. The topological polar surface area (TPSA) is 84.9 Å². The third-order valence-corrected chi connectivity index (χ3v) is 5.62. The number of thiophene rings is 1. The molecule has 1 aromatic heterocycles. The molecule has 3 rings (SSSR count). The second kappa shape index (κ2) is 8.43. The van der Waals surface area contributed by atoms with Gasteiger partial charge in [0.25, 0.3) is 11.8 Å². The van der Waals surface area contributed by atoms with Crippen LogP contribution in [0.2, 0.25) is 0 Å². The predicted molar refractivity (Wildman–Crippen MR) is 106 cm³/mol.